The van der Waals surface area contributed by atoms with Gasteiger partial charge in [0.1, 0.15) is 0 Å². The minimum Gasteiger partial charge on any atom is -0.310 e. The lowest BCUT2D eigenvalue weighted by atomic mass is 9.64. The normalized spacial score (nSPS) is 13.4. The van der Waals surface area contributed by atoms with E-state index in [4.69, 9.17) is 0 Å². The highest BCUT2D eigenvalue weighted by molar-refractivity contribution is 7.99. The van der Waals surface area contributed by atoms with Crippen molar-refractivity contribution in [1.82, 2.24) is 0 Å². The van der Waals surface area contributed by atoms with Gasteiger partial charge in [-0.15, -0.1) is 0 Å². The average Bonchev–Trinajstić information content (AvgIpc) is 3.57. The molecule has 2 heterocycles. The molecule has 12 aromatic rings. The van der Waals surface area contributed by atoms with Gasteiger partial charge in [-0.1, -0.05) is 267 Å². The van der Waals surface area contributed by atoms with Gasteiger partial charge < -0.3 is 4.90 Å². The SMILES string of the molecule is c1ccc(-c2ccc(-c3ccc(N(c4ccccc4)c4cccc(-c5ccc(-c6ccc7c(c6)C6(c8ccccc8Sc8ccccc86)c6ccccc6[Si]7(c6ccccc6)c6ccccc6)cc5)c4)cc3)cc2)cc1. The molecule has 14 rings (SSSR count). The number of para-hydroxylation sites is 1. The van der Waals surface area contributed by atoms with E-state index < -0.39 is 13.5 Å². The van der Waals surface area contributed by atoms with Crippen LogP contribution >= 0.6 is 11.8 Å². The summed E-state index contributed by atoms with van der Waals surface area (Å²) in [6.45, 7) is 0. The number of nitrogens with zero attached hydrogens (tertiary/aromatic N) is 1. The summed E-state index contributed by atoms with van der Waals surface area (Å²) in [6, 6.07) is 115. The summed E-state index contributed by atoms with van der Waals surface area (Å²) in [4.78, 5) is 4.97. The number of fused-ring (bicyclic) bond motifs is 8. The van der Waals surface area contributed by atoms with E-state index in [0.29, 0.717) is 0 Å². The lowest BCUT2D eigenvalue weighted by molar-refractivity contribution is 0.707. The number of benzene rings is 12. The second-order valence-corrected chi connectivity index (χ2v) is 24.7. The largest absolute Gasteiger partial charge is 0.310 e. The molecular formula is C73H51NSSi. The molecule has 0 fully saturated rings. The molecule has 3 heteroatoms. The Bertz CT molecular complexity index is 3960. The molecule has 2 aliphatic heterocycles. The maximum Gasteiger partial charge on any atom is 0.180 e. The van der Waals surface area contributed by atoms with E-state index in [0.717, 1.165) is 22.6 Å². The van der Waals surface area contributed by atoms with Crippen molar-refractivity contribution in [3.8, 4) is 44.5 Å². The van der Waals surface area contributed by atoms with E-state index >= 15 is 0 Å². The van der Waals surface area contributed by atoms with E-state index in [2.05, 4.69) is 314 Å². The van der Waals surface area contributed by atoms with Crippen LogP contribution in [-0.2, 0) is 5.41 Å². The molecule has 0 N–H and O–H groups in total. The van der Waals surface area contributed by atoms with Gasteiger partial charge in [-0.05, 0) is 142 Å². The molecule has 76 heavy (non-hydrogen) atoms. The molecule has 0 aromatic heterocycles. The molecule has 358 valence electrons. The van der Waals surface area contributed by atoms with Crippen molar-refractivity contribution in [2.24, 2.45) is 0 Å². The van der Waals surface area contributed by atoms with Gasteiger partial charge in [-0.25, -0.2) is 0 Å². The molecular weight excluding hydrogens is 951 g/mol. The van der Waals surface area contributed by atoms with Crippen molar-refractivity contribution in [2.75, 3.05) is 4.90 Å². The van der Waals surface area contributed by atoms with Gasteiger partial charge in [0.15, 0.2) is 8.07 Å². The predicted octanol–water partition coefficient (Wildman–Crippen LogP) is 16.4. The van der Waals surface area contributed by atoms with E-state index in [1.165, 1.54) is 91.7 Å². The molecule has 0 unspecified atom stereocenters. The molecule has 12 aromatic carbocycles. The molecule has 0 aliphatic carbocycles. The highest BCUT2D eigenvalue weighted by Gasteiger charge is 2.57. The summed E-state index contributed by atoms with van der Waals surface area (Å²) in [5.74, 6) is 0. The number of hydrogen-bond acceptors (Lipinski definition) is 2. The van der Waals surface area contributed by atoms with Gasteiger partial charge in [0.05, 0.1) is 5.41 Å². The highest BCUT2D eigenvalue weighted by Crippen LogP contribution is 2.57. The van der Waals surface area contributed by atoms with Crippen molar-refractivity contribution in [3.05, 3.63) is 332 Å². The fourth-order valence-corrected chi connectivity index (χ4v) is 19.0. The van der Waals surface area contributed by atoms with Crippen LogP contribution in [0.25, 0.3) is 44.5 Å². The Morgan fingerprint density at radius 3 is 1.18 bits per heavy atom. The second-order valence-electron chi connectivity index (χ2n) is 19.9. The van der Waals surface area contributed by atoms with E-state index in [-0.39, 0.29) is 0 Å². The Hall–Kier alpha value is -8.99. The zero-order valence-corrected chi connectivity index (χ0v) is 43.6. The van der Waals surface area contributed by atoms with E-state index in [1.807, 2.05) is 11.8 Å². The summed E-state index contributed by atoms with van der Waals surface area (Å²) in [5, 5.41) is 5.67. The first-order chi connectivity index (χ1) is 37.7. The van der Waals surface area contributed by atoms with Crippen molar-refractivity contribution in [1.29, 1.82) is 0 Å². The van der Waals surface area contributed by atoms with Crippen LogP contribution < -0.4 is 25.6 Å². The van der Waals surface area contributed by atoms with Crippen LogP contribution in [-0.4, -0.2) is 8.07 Å². The molecule has 0 radical (unpaired) electrons. The highest BCUT2D eigenvalue weighted by atomic mass is 32.2. The summed E-state index contributed by atoms with van der Waals surface area (Å²) < 4.78 is 0. The fourth-order valence-electron chi connectivity index (χ4n) is 12.5. The zero-order chi connectivity index (χ0) is 50.5. The lowest BCUT2D eigenvalue weighted by Gasteiger charge is -2.51. The van der Waals surface area contributed by atoms with Gasteiger partial charge in [0.2, 0.25) is 0 Å². The third-order valence-corrected chi connectivity index (χ3v) is 21.9. The first-order valence-corrected chi connectivity index (χ1v) is 29.0. The molecule has 0 atom stereocenters. The smallest absolute Gasteiger partial charge is 0.180 e. The number of anilines is 3. The summed E-state index contributed by atoms with van der Waals surface area (Å²) in [6.07, 6.45) is 0. The first kappa shape index (κ1) is 45.6. The summed E-state index contributed by atoms with van der Waals surface area (Å²) in [5.41, 5.74) is 17.8. The van der Waals surface area contributed by atoms with Crippen LogP contribution in [0.15, 0.2) is 319 Å². The monoisotopic (exact) mass is 1000 g/mol. The maximum absolute atomic E-state index is 2.91. The van der Waals surface area contributed by atoms with Crippen molar-refractivity contribution in [2.45, 2.75) is 15.2 Å². The van der Waals surface area contributed by atoms with Crippen molar-refractivity contribution < 1.29 is 0 Å². The minimum atomic E-state index is -2.91. The molecule has 0 bridgehead atoms. The Labute approximate surface area is 451 Å². The van der Waals surface area contributed by atoms with Gasteiger partial charge in [0, 0.05) is 26.9 Å². The molecule has 0 amide bonds. The fraction of sp³-hybridized carbons (Fsp3) is 0.0137. The van der Waals surface area contributed by atoms with Crippen LogP contribution in [0.3, 0.4) is 0 Å². The van der Waals surface area contributed by atoms with Crippen LogP contribution in [0.5, 0.6) is 0 Å². The van der Waals surface area contributed by atoms with E-state index in [9.17, 15) is 0 Å². The Kier molecular flexibility index (Phi) is 11.4. The van der Waals surface area contributed by atoms with Gasteiger partial charge in [0.25, 0.3) is 0 Å². The topological polar surface area (TPSA) is 3.24 Å². The standard InChI is InChI=1S/C73H51NSSi/c1-5-20-52(21-6-1)53-36-38-54(39-37-53)55-44-47-61(48-45-55)74(60-23-7-2-8-24-60)62-25-19-22-58(50-62)56-40-42-57(43-41-56)59-46-49-72-68(51-59)73(65-30-13-16-33-69(65)75-70-34-17-14-31-66(70)73)67-32-15-18-35-71(67)76(72,63-26-9-3-10-27-63)64-28-11-4-12-29-64/h1-51H. The Morgan fingerprint density at radius 2 is 0.618 bits per heavy atom. The van der Waals surface area contributed by atoms with Crippen LogP contribution in [0, 0.1) is 0 Å². The quantitative estimate of drug-likeness (QED) is 0.133. The van der Waals surface area contributed by atoms with Crippen molar-refractivity contribution in [3.63, 3.8) is 0 Å². The predicted molar refractivity (Wildman–Crippen MR) is 322 cm³/mol. The van der Waals surface area contributed by atoms with Crippen LogP contribution in [0.4, 0.5) is 17.1 Å². The van der Waals surface area contributed by atoms with Gasteiger partial charge >= 0.3 is 0 Å². The molecule has 1 spiro atoms. The number of hydrogen-bond donors (Lipinski definition) is 0. The summed E-state index contributed by atoms with van der Waals surface area (Å²) in [7, 11) is -2.91. The second kappa shape index (κ2) is 19.0. The lowest BCUT2D eigenvalue weighted by Crippen LogP contribution is -2.79. The zero-order valence-electron chi connectivity index (χ0n) is 41.8. The molecule has 2 aliphatic rings. The third kappa shape index (κ3) is 7.46. The molecule has 1 nitrogen and oxygen atoms in total. The molecule has 0 saturated heterocycles. The van der Waals surface area contributed by atoms with Crippen LogP contribution in [0.1, 0.15) is 22.3 Å². The van der Waals surface area contributed by atoms with Gasteiger partial charge in [-0.2, -0.15) is 0 Å². The maximum atomic E-state index is 2.57. The van der Waals surface area contributed by atoms with Crippen LogP contribution in [0.2, 0.25) is 0 Å². The Morgan fingerprint density at radius 1 is 0.250 bits per heavy atom. The summed E-state index contributed by atoms with van der Waals surface area (Å²) >= 11 is 1.90. The Balaban J connectivity index is 0.876. The third-order valence-electron chi connectivity index (χ3n) is 15.9. The molecule has 0 saturated carbocycles. The minimum absolute atomic E-state index is 0.556. The average molecular weight is 1000 g/mol. The van der Waals surface area contributed by atoms with Gasteiger partial charge in [-0.3, -0.25) is 0 Å². The first-order valence-electron chi connectivity index (χ1n) is 26.2. The number of rotatable bonds is 9. The van der Waals surface area contributed by atoms with Crippen molar-refractivity contribution >= 4 is 57.6 Å². The van der Waals surface area contributed by atoms with E-state index in [1.54, 1.807) is 0 Å².